The molecule has 1 aliphatic rings. The monoisotopic (exact) mass is 212 g/mol. The molecule has 2 atom stereocenters. The van der Waals surface area contributed by atoms with Crippen LogP contribution >= 0.6 is 0 Å². The molecule has 0 amide bonds. The Morgan fingerprint density at radius 3 is 2.57 bits per heavy atom. The van der Waals surface area contributed by atoms with Crippen molar-refractivity contribution in [1.82, 2.24) is 0 Å². The minimum absolute atomic E-state index is 0.790. The van der Waals surface area contributed by atoms with Crippen molar-refractivity contribution >= 4 is 8.07 Å². The molecule has 1 rings (SSSR count). The predicted molar refractivity (Wildman–Crippen MR) is 68.6 cm³/mol. The summed E-state index contributed by atoms with van der Waals surface area (Å²) in [7, 11) is -0.790. The Kier molecular flexibility index (Phi) is 5.22. The Bertz CT molecular complexity index is 155. The molecule has 0 aromatic heterocycles. The molecule has 0 aromatic rings. The van der Waals surface area contributed by atoms with Crippen molar-refractivity contribution in [2.75, 3.05) is 0 Å². The second-order valence-corrected chi connectivity index (χ2v) is 10.9. The van der Waals surface area contributed by atoms with E-state index in [4.69, 9.17) is 0 Å². The molecule has 0 nitrogen and oxygen atoms in total. The molecule has 0 N–H and O–H groups in total. The summed E-state index contributed by atoms with van der Waals surface area (Å²) in [6, 6.07) is 3.24. The number of rotatable bonds is 5. The smallest absolute Gasteiger partial charge is 0.0533 e. The Balaban J connectivity index is 2.25. The zero-order valence-electron chi connectivity index (χ0n) is 10.4. The Morgan fingerprint density at radius 2 is 1.93 bits per heavy atom. The number of hydrogen-bond donors (Lipinski definition) is 0. The summed E-state index contributed by atoms with van der Waals surface area (Å²) < 4.78 is 0. The van der Waals surface area contributed by atoms with Gasteiger partial charge in [0.2, 0.25) is 0 Å². The molecular formula is C13H28Si. The Morgan fingerprint density at radius 1 is 1.14 bits per heavy atom. The maximum absolute atomic E-state index is 2.67. The van der Waals surface area contributed by atoms with Crippen LogP contribution in [0.3, 0.4) is 0 Å². The standard InChI is InChI=1S/C13H28Si/c1-4-5-6-8-11-14(3)12-9-7-10-13(14)2/h13H,4-12H2,1-3H3. The Hall–Kier alpha value is 0.217. The van der Waals surface area contributed by atoms with Gasteiger partial charge >= 0.3 is 0 Å². The highest BCUT2D eigenvalue weighted by atomic mass is 28.3. The van der Waals surface area contributed by atoms with E-state index in [1.54, 1.807) is 18.5 Å². The average molecular weight is 212 g/mol. The van der Waals surface area contributed by atoms with E-state index in [2.05, 4.69) is 20.4 Å². The van der Waals surface area contributed by atoms with E-state index in [1.165, 1.54) is 38.5 Å². The van der Waals surface area contributed by atoms with E-state index in [9.17, 15) is 0 Å². The molecule has 1 aliphatic heterocycles. The van der Waals surface area contributed by atoms with E-state index < -0.39 is 8.07 Å². The van der Waals surface area contributed by atoms with Crippen molar-refractivity contribution in [2.24, 2.45) is 0 Å². The lowest BCUT2D eigenvalue weighted by atomic mass is 10.2. The second-order valence-electron chi connectivity index (χ2n) is 5.61. The third-order valence-corrected chi connectivity index (χ3v) is 10.1. The van der Waals surface area contributed by atoms with Crippen LogP contribution in [-0.4, -0.2) is 8.07 Å². The first-order valence-electron chi connectivity index (χ1n) is 6.69. The highest BCUT2D eigenvalue weighted by Gasteiger charge is 2.34. The van der Waals surface area contributed by atoms with Gasteiger partial charge in [0, 0.05) is 0 Å². The van der Waals surface area contributed by atoms with E-state index in [0.717, 1.165) is 5.54 Å². The average Bonchev–Trinajstić information content (AvgIpc) is 2.18. The van der Waals surface area contributed by atoms with Crippen molar-refractivity contribution < 1.29 is 0 Å². The molecule has 0 aliphatic carbocycles. The molecule has 84 valence electrons. The van der Waals surface area contributed by atoms with Crippen LogP contribution in [0.15, 0.2) is 0 Å². The highest BCUT2D eigenvalue weighted by molar-refractivity contribution is 6.80. The van der Waals surface area contributed by atoms with E-state index >= 15 is 0 Å². The summed E-state index contributed by atoms with van der Waals surface area (Å²) in [5.74, 6) is 0. The summed E-state index contributed by atoms with van der Waals surface area (Å²) in [5.41, 5.74) is 1.11. The van der Waals surface area contributed by atoms with Crippen molar-refractivity contribution in [2.45, 2.75) is 83.0 Å². The maximum Gasteiger partial charge on any atom is 0.0533 e. The van der Waals surface area contributed by atoms with Gasteiger partial charge in [0.1, 0.15) is 0 Å². The zero-order valence-corrected chi connectivity index (χ0v) is 11.4. The molecule has 1 heteroatoms. The van der Waals surface area contributed by atoms with Gasteiger partial charge in [-0.3, -0.25) is 0 Å². The van der Waals surface area contributed by atoms with Crippen molar-refractivity contribution in [3.63, 3.8) is 0 Å². The van der Waals surface area contributed by atoms with Gasteiger partial charge in [-0.2, -0.15) is 0 Å². The van der Waals surface area contributed by atoms with Gasteiger partial charge in [0.15, 0.2) is 0 Å². The van der Waals surface area contributed by atoms with E-state index in [0.29, 0.717) is 0 Å². The topological polar surface area (TPSA) is 0 Å². The molecule has 14 heavy (non-hydrogen) atoms. The van der Waals surface area contributed by atoms with Gasteiger partial charge in [-0.25, -0.2) is 0 Å². The summed E-state index contributed by atoms with van der Waals surface area (Å²) >= 11 is 0. The molecule has 1 saturated heterocycles. The van der Waals surface area contributed by atoms with Gasteiger partial charge in [0.25, 0.3) is 0 Å². The maximum atomic E-state index is 2.67. The molecule has 0 radical (unpaired) electrons. The molecule has 0 saturated carbocycles. The summed E-state index contributed by atoms with van der Waals surface area (Å²) in [4.78, 5) is 0. The van der Waals surface area contributed by atoms with Gasteiger partial charge in [-0.15, -0.1) is 0 Å². The van der Waals surface area contributed by atoms with Gasteiger partial charge in [0.05, 0.1) is 8.07 Å². The fraction of sp³-hybridized carbons (Fsp3) is 1.00. The second kappa shape index (κ2) is 5.94. The van der Waals surface area contributed by atoms with Gasteiger partial charge in [-0.05, 0) is 5.54 Å². The van der Waals surface area contributed by atoms with E-state index in [-0.39, 0.29) is 0 Å². The van der Waals surface area contributed by atoms with Crippen LogP contribution in [0.4, 0.5) is 0 Å². The third kappa shape index (κ3) is 3.41. The predicted octanol–water partition coefficient (Wildman–Crippen LogP) is 5.22. The first kappa shape index (κ1) is 12.3. The quantitative estimate of drug-likeness (QED) is 0.433. The lowest BCUT2D eigenvalue weighted by Gasteiger charge is -2.38. The van der Waals surface area contributed by atoms with Crippen LogP contribution in [0.1, 0.15) is 58.8 Å². The van der Waals surface area contributed by atoms with E-state index in [1.807, 2.05) is 0 Å². The van der Waals surface area contributed by atoms with Gasteiger partial charge in [-0.1, -0.05) is 77.4 Å². The fourth-order valence-electron chi connectivity index (χ4n) is 2.90. The first-order chi connectivity index (χ1) is 6.69. The van der Waals surface area contributed by atoms with Crippen molar-refractivity contribution in [3.8, 4) is 0 Å². The fourth-order valence-corrected chi connectivity index (χ4v) is 7.15. The van der Waals surface area contributed by atoms with Crippen LogP contribution in [0.2, 0.25) is 24.2 Å². The molecule has 0 bridgehead atoms. The van der Waals surface area contributed by atoms with Crippen LogP contribution in [0.5, 0.6) is 0 Å². The van der Waals surface area contributed by atoms with Crippen LogP contribution in [0.25, 0.3) is 0 Å². The van der Waals surface area contributed by atoms with Crippen LogP contribution < -0.4 is 0 Å². The molecule has 0 spiro atoms. The number of hydrogen-bond acceptors (Lipinski definition) is 0. The van der Waals surface area contributed by atoms with Crippen LogP contribution in [-0.2, 0) is 0 Å². The minimum Gasteiger partial charge on any atom is -0.0690 e. The first-order valence-corrected chi connectivity index (χ1v) is 9.68. The largest absolute Gasteiger partial charge is 0.0690 e. The molecular weight excluding hydrogens is 184 g/mol. The zero-order chi connectivity index (χ0) is 10.4. The molecule has 2 unspecified atom stereocenters. The Labute approximate surface area is 91.5 Å². The minimum atomic E-state index is -0.790. The number of unbranched alkanes of at least 4 members (excludes halogenated alkanes) is 3. The van der Waals surface area contributed by atoms with Crippen molar-refractivity contribution in [1.29, 1.82) is 0 Å². The summed E-state index contributed by atoms with van der Waals surface area (Å²) in [6.45, 7) is 7.51. The van der Waals surface area contributed by atoms with Crippen LogP contribution in [0, 0.1) is 0 Å². The third-order valence-electron chi connectivity index (χ3n) is 4.43. The highest BCUT2D eigenvalue weighted by Crippen LogP contribution is 2.40. The molecule has 0 aromatic carbocycles. The normalized spacial score (nSPS) is 33.2. The lowest BCUT2D eigenvalue weighted by Crippen LogP contribution is -2.37. The molecule has 1 heterocycles. The SMILES string of the molecule is CCCCCC[Si]1(C)CCCCC1C. The lowest BCUT2D eigenvalue weighted by molar-refractivity contribution is 0.616. The summed E-state index contributed by atoms with van der Waals surface area (Å²) in [5, 5.41) is 0. The summed E-state index contributed by atoms with van der Waals surface area (Å²) in [6.07, 6.45) is 10.5. The van der Waals surface area contributed by atoms with Gasteiger partial charge < -0.3 is 0 Å². The van der Waals surface area contributed by atoms with Crippen molar-refractivity contribution in [3.05, 3.63) is 0 Å². The molecule has 1 fully saturated rings.